The van der Waals surface area contributed by atoms with E-state index in [0.717, 1.165) is 22.2 Å². The molecule has 0 unspecified atom stereocenters. The minimum Gasteiger partial charge on any atom is -0.462 e. The van der Waals surface area contributed by atoms with Crippen LogP contribution in [0.25, 0.3) is 49.2 Å². The molecule has 6 rings (SSSR count). The average molecular weight is 333 g/mol. The van der Waals surface area contributed by atoms with Crippen molar-refractivity contribution in [3.8, 4) is 5.69 Å². The van der Waals surface area contributed by atoms with Crippen LogP contribution in [-0.2, 0) is 0 Å². The predicted molar refractivity (Wildman–Crippen MR) is 108 cm³/mol. The summed E-state index contributed by atoms with van der Waals surface area (Å²) in [7, 11) is 0. The SMILES string of the molecule is c1ccc2cc(-n3c4ccccc4c4ccc5ccoc5c43)ccc2c1. The van der Waals surface area contributed by atoms with Crippen LogP contribution in [0, 0.1) is 0 Å². The molecule has 2 nitrogen and oxygen atoms in total. The Morgan fingerprint density at radius 1 is 0.615 bits per heavy atom. The Balaban J connectivity index is 1.84. The van der Waals surface area contributed by atoms with Gasteiger partial charge in [-0.15, -0.1) is 0 Å². The van der Waals surface area contributed by atoms with Crippen molar-refractivity contribution in [2.45, 2.75) is 0 Å². The molecular formula is C24H15NO. The molecule has 4 aromatic carbocycles. The molecule has 0 aliphatic carbocycles. The molecule has 0 saturated carbocycles. The van der Waals surface area contributed by atoms with Gasteiger partial charge in [0.05, 0.1) is 17.3 Å². The number of benzene rings is 4. The summed E-state index contributed by atoms with van der Waals surface area (Å²) in [4.78, 5) is 0. The second-order valence-corrected chi connectivity index (χ2v) is 6.68. The van der Waals surface area contributed by atoms with Crippen molar-refractivity contribution in [3.63, 3.8) is 0 Å². The fraction of sp³-hybridized carbons (Fsp3) is 0. The van der Waals surface area contributed by atoms with Crippen molar-refractivity contribution in [3.05, 3.63) is 91.2 Å². The first kappa shape index (κ1) is 13.7. The van der Waals surface area contributed by atoms with Crippen molar-refractivity contribution >= 4 is 43.5 Å². The summed E-state index contributed by atoms with van der Waals surface area (Å²) in [6.45, 7) is 0. The highest BCUT2D eigenvalue weighted by atomic mass is 16.3. The van der Waals surface area contributed by atoms with Crippen LogP contribution in [0.15, 0.2) is 95.6 Å². The molecule has 2 aromatic heterocycles. The Labute approximate surface area is 149 Å². The topological polar surface area (TPSA) is 18.1 Å². The minimum atomic E-state index is 0.937. The van der Waals surface area contributed by atoms with Gasteiger partial charge in [0.15, 0.2) is 5.58 Å². The van der Waals surface area contributed by atoms with Crippen molar-refractivity contribution in [2.75, 3.05) is 0 Å². The van der Waals surface area contributed by atoms with E-state index >= 15 is 0 Å². The van der Waals surface area contributed by atoms with Gasteiger partial charge in [-0.1, -0.05) is 60.7 Å². The number of furan rings is 1. The van der Waals surface area contributed by atoms with E-state index in [4.69, 9.17) is 4.42 Å². The van der Waals surface area contributed by atoms with Crippen LogP contribution in [-0.4, -0.2) is 4.57 Å². The van der Waals surface area contributed by atoms with E-state index in [1.165, 1.54) is 27.1 Å². The molecule has 0 fully saturated rings. The van der Waals surface area contributed by atoms with Gasteiger partial charge in [0.2, 0.25) is 0 Å². The summed E-state index contributed by atoms with van der Waals surface area (Å²) >= 11 is 0. The number of fused-ring (bicyclic) bond motifs is 6. The Bertz CT molecular complexity index is 1430. The molecule has 26 heavy (non-hydrogen) atoms. The second-order valence-electron chi connectivity index (χ2n) is 6.68. The van der Waals surface area contributed by atoms with E-state index in [1.54, 1.807) is 6.26 Å². The average Bonchev–Trinajstić information content (AvgIpc) is 3.30. The second kappa shape index (κ2) is 4.99. The third kappa shape index (κ3) is 1.76. The molecule has 0 N–H and O–H groups in total. The lowest BCUT2D eigenvalue weighted by atomic mass is 10.1. The van der Waals surface area contributed by atoms with Crippen molar-refractivity contribution in [1.29, 1.82) is 0 Å². The van der Waals surface area contributed by atoms with Gasteiger partial charge in [-0.2, -0.15) is 0 Å². The Kier molecular flexibility index (Phi) is 2.64. The zero-order valence-corrected chi connectivity index (χ0v) is 14.0. The fourth-order valence-corrected chi connectivity index (χ4v) is 4.06. The Morgan fingerprint density at radius 3 is 2.38 bits per heavy atom. The molecule has 0 spiro atoms. The molecule has 0 aliphatic heterocycles. The maximum atomic E-state index is 5.89. The zero-order chi connectivity index (χ0) is 17.1. The number of hydrogen-bond donors (Lipinski definition) is 0. The number of rotatable bonds is 1. The lowest BCUT2D eigenvalue weighted by molar-refractivity contribution is 0.618. The van der Waals surface area contributed by atoms with Gasteiger partial charge in [-0.05, 0) is 35.0 Å². The summed E-state index contributed by atoms with van der Waals surface area (Å²) in [5.41, 5.74) is 4.41. The fourth-order valence-electron chi connectivity index (χ4n) is 4.06. The van der Waals surface area contributed by atoms with Crippen LogP contribution in [0.4, 0.5) is 0 Å². The first-order valence-electron chi connectivity index (χ1n) is 8.79. The number of hydrogen-bond acceptors (Lipinski definition) is 1. The summed E-state index contributed by atoms with van der Waals surface area (Å²) in [5.74, 6) is 0. The summed E-state index contributed by atoms with van der Waals surface area (Å²) in [6, 6.07) is 30.0. The van der Waals surface area contributed by atoms with Gasteiger partial charge in [0.25, 0.3) is 0 Å². The van der Waals surface area contributed by atoms with Crippen molar-refractivity contribution < 1.29 is 4.42 Å². The van der Waals surface area contributed by atoms with Crippen molar-refractivity contribution in [2.24, 2.45) is 0 Å². The molecule has 0 aliphatic rings. The molecule has 2 heterocycles. The van der Waals surface area contributed by atoms with E-state index in [9.17, 15) is 0 Å². The molecule has 0 radical (unpaired) electrons. The molecule has 0 atom stereocenters. The van der Waals surface area contributed by atoms with Crippen LogP contribution >= 0.6 is 0 Å². The third-order valence-electron chi connectivity index (χ3n) is 5.25. The quantitative estimate of drug-likeness (QED) is 0.328. The van der Waals surface area contributed by atoms with Gasteiger partial charge in [-0.25, -0.2) is 0 Å². The van der Waals surface area contributed by atoms with Crippen LogP contribution in [0.3, 0.4) is 0 Å². The van der Waals surface area contributed by atoms with Crippen molar-refractivity contribution in [1.82, 2.24) is 4.57 Å². The molecule has 0 amide bonds. The molecule has 0 bridgehead atoms. The highest BCUT2D eigenvalue weighted by molar-refractivity contribution is 6.17. The van der Waals surface area contributed by atoms with Crippen LogP contribution in [0.5, 0.6) is 0 Å². The summed E-state index contributed by atoms with van der Waals surface area (Å²) in [6.07, 6.45) is 1.77. The number of nitrogens with zero attached hydrogens (tertiary/aromatic N) is 1. The minimum absolute atomic E-state index is 0.937. The van der Waals surface area contributed by atoms with Crippen LogP contribution in [0.2, 0.25) is 0 Å². The lowest BCUT2D eigenvalue weighted by Crippen LogP contribution is -1.94. The molecule has 2 heteroatoms. The van der Waals surface area contributed by atoms with E-state index < -0.39 is 0 Å². The van der Waals surface area contributed by atoms with Gasteiger partial charge >= 0.3 is 0 Å². The highest BCUT2D eigenvalue weighted by Gasteiger charge is 2.16. The Hall–Kier alpha value is -3.52. The largest absolute Gasteiger partial charge is 0.462 e. The van der Waals surface area contributed by atoms with E-state index in [2.05, 4.69) is 83.4 Å². The normalized spacial score (nSPS) is 11.8. The Morgan fingerprint density at radius 2 is 1.42 bits per heavy atom. The van der Waals surface area contributed by atoms with E-state index in [-0.39, 0.29) is 0 Å². The summed E-state index contributed by atoms with van der Waals surface area (Å²) < 4.78 is 8.21. The van der Waals surface area contributed by atoms with Gasteiger partial charge in [0, 0.05) is 21.8 Å². The lowest BCUT2D eigenvalue weighted by Gasteiger charge is -2.09. The predicted octanol–water partition coefficient (Wildman–Crippen LogP) is 6.68. The maximum Gasteiger partial charge on any atom is 0.158 e. The van der Waals surface area contributed by atoms with Gasteiger partial charge in [0.1, 0.15) is 0 Å². The van der Waals surface area contributed by atoms with Crippen LogP contribution in [0.1, 0.15) is 0 Å². The van der Waals surface area contributed by atoms with Gasteiger partial charge in [-0.3, -0.25) is 0 Å². The van der Waals surface area contributed by atoms with Gasteiger partial charge < -0.3 is 8.98 Å². The first-order chi connectivity index (χ1) is 12.9. The third-order valence-corrected chi connectivity index (χ3v) is 5.25. The number of aromatic nitrogens is 1. The smallest absolute Gasteiger partial charge is 0.158 e. The standard InChI is InChI=1S/C24H15NO/c1-2-6-18-15-19(11-9-16(18)5-1)25-22-8-4-3-7-20(22)21-12-10-17-13-14-26-24(17)23(21)25/h1-15H. The molecule has 0 saturated heterocycles. The summed E-state index contributed by atoms with van der Waals surface area (Å²) in [5, 5.41) is 6.08. The molecule has 6 aromatic rings. The van der Waals surface area contributed by atoms with Crippen LogP contribution < -0.4 is 0 Å². The monoisotopic (exact) mass is 333 g/mol. The number of para-hydroxylation sites is 1. The highest BCUT2D eigenvalue weighted by Crippen LogP contribution is 2.37. The molecular weight excluding hydrogens is 318 g/mol. The maximum absolute atomic E-state index is 5.89. The molecule has 122 valence electrons. The van der Waals surface area contributed by atoms with E-state index in [0.29, 0.717) is 0 Å². The van der Waals surface area contributed by atoms with E-state index in [1.807, 2.05) is 6.07 Å². The first-order valence-corrected chi connectivity index (χ1v) is 8.79. The zero-order valence-electron chi connectivity index (χ0n) is 14.0.